The molecule has 1 nitrogen and oxygen atoms in total. The summed E-state index contributed by atoms with van der Waals surface area (Å²) < 4.78 is 1.39. The van der Waals surface area contributed by atoms with E-state index >= 15 is 0 Å². The van der Waals surface area contributed by atoms with Crippen LogP contribution in [0.1, 0.15) is 0 Å². The van der Waals surface area contributed by atoms with E-state index in [9.17, 15) is 0 Å². The summed E-state index contributed by atoms with van der Waals surface area (Å²) >= 11 is 14.3. The maximum Gasteiger partial charge on any atom is 0.156 e. The maximum atomic E-state index is 5.28. The lowest BCUT2D eigenvalue weighted by molar-refractivity contribution is 1.02. The number of thiol groups is 1. The van der Waals surface area contributed by atoms with Crippen molar-refractivity contribution in [3.63, 3.8) is 0 Å². The molecule has 4 heteroatoms. The Morgan fingerprint density at radius 2 is 1.50 bits per heavy atom. The summed E-state index contributed by atoms with van der Waals surface area (Å²) in [6.07, 6.45) is 0. The van der Waals surface area contributed by atoms with Crippen molar-refractivity contribution in [2.75, 3.05) is 0 Å². The van der Waals surface area contributed by atoms with Crippen LogP contribution in [0.5, 0.6) is 0 Å². The second-order valence-electron chi connectivity index (χ2n) is 0.893. The summed E-state index contributed by atoms with van der Waals surface area (Å²) in [4.78, 5) is 0. The van der Waals surface area contributed by atoms with Gasteiger partial charge in [0, 0.05) is 0 Å². The van der Waals surface area contributed by atoms with Crippen molar-refractivity contribution in [2.24, 2.45) is 0 Å². The first-order valence-electron chi connectivity index (χ1n) is 1.28. The van der Waals surface area contributed by atoms with E-state index < -0.39 is 0 Å². The molecular formula is C2HCl2NS. The van der Waals surface area contributed by atoms with E-state index in [4.69, 9.17) is 23.2 Å². The highest BCUT2D eigenvalue weighted by Gasteiger charge is 2.26. The number of halogens is 2. The summed E-state index contributed by atoms with van der Waals surface area (Å²) in [6, 6.07) is 0. The topological polar surface area (TPSA) is 3.01 Å². The van der Waals surface area contributed by atoms with Gasteiger partial charge in [0.15, 0.2) is 10.3 Å². The third kappa shape index (κ3) is 0.491. The second-order valence-corrected chi connectivity index (χ2v) is 2.01. The predicted octanol–water partition coefficient (Wildman–Crippen LogP) is 1.75. The van der Waals surface area contributed by atoms with Crippen molar-refractivity contribution in [1.82, 2.24) is 4.31 Å². The fraction of sp³-hybridized carbons (Fsp3) is 0. The van der Waals surface area contributed by atoms with Gasteiger partial charge in [-0.1, -0.05) is 36.0 Å². The summed E-state index contributed by atoms with van der Waals surface area (Å²) in [5.41, 5.74) is 0. The molecule has 0 aromatic rings. The predicted molar refractivity (Wildman–Crippen MR) is 29.6 cm³/mol. The van der Waals surface area contributed by atoms with Gasteiger partial charge in [-0.15, -0.1) is 0 Å². The van der Waals surface area contributed by atoms with Gasteiger partial charge >= 0.3 is 0 Å². The van der Waals surface area contributed by atoms with Gasteiger partial charge in [0.25, 0.3) is 0 Å². The Bertz CT molecular complexity index is 98.1. The standard InChI is InChI=1S/C2HCl2NS/c3-1-2(4)5(1)6/h6H. The molecule has 0 spiro atoms. The highest BCUT2D eigenvalue weighted by atomic mass is 35.5. The highest BCUT2D eigenvalue weighted by molar-refractivity contribution is 7.78. The van der Waals surface area contributed by atoms with E-state index in [0.717, 1.165) is 0 Å². The van der Waals surface area contributed by atoms with E-state index in [-0.39, 0.29) is 0 Å². The number of hydrogen-bond acceptors (Lipinski definition) is 2. The summed E-state index contributed by atoms with van der Waals surface area (Å²) in [5, 5.41) is 1.06. The Labute approximate surface area is 51.1 Å². The van der Waals surface area contributed by atoms with Crippen LogP contribution in [0.3, 0.4) is 0 Å². The van der Waals surface area contributed by atoms with Crippen LogP contribution < -0.4 is 0 Å². The molecule has 0 amide bonds. The molecule has 0 aliphatic carbocycles. The van der Waals surface area contributed by atoms with E-state index in [1.807, 2.05) is 0 Å². The van der Waals surface area contributed by atoms with Crippen molar-refractivity contribution in [3.05, 3.63) is 10.3 Å². The Hall–Kier alpha value is 0.470. The first kappa shape index (κ1) is 4.62. The molecule has 1 rings (SSSR count). The van der Waals surface area contributed by atoms with Crippen LogP contribution in [0, 0.1) is 0 Å². The SMILES string of the molecule is SN1C(Cl)=C1Cl. The second kappa shape index (κ2) is 1.22. The van der Waals surface area contributed by atoms with Crippen molar-refractivity contribution < 1.29 is 0 Å². The zero-order valence-corrected chi connectivity index (χ0v) is 5.06. The Morgan fingerprint density at radius 3 is 1.50 bits per heavy atom. The molecule has 0 aromatic heterocycles. The van der Waals surface area contributed by atoms with Gasteiger partial charge in [0.2, 0.25) is 0 Å². The van der Waals surface area contributed by atoms with Crippen LogP contribution in [0.4, 0.5) is 0 Å². The average Bonchev–Trinajstić information content (AvgIpc) is 1.94. The van der Waals surface area contributed by atoms with Crippen LogP contribution in [-0.4, -0.2) is 4.31 Å². The molecule has 0 bridgehead atoms. The molecule has 1 heterocycles. The molecule has 0 saturated carbocycles. The lowest BCUT2D eigenvalue weighted by Crippen LogP contribution is -1.69. The summed E-state index contributed by atoms with van der Waals surface area (Å²) in [7, 11) is 0. The van der Waals surface area contributed by atoms with Crippen LogP contribution in [0.25, 0.3) is 0 Å². The van der Waals surface area contributed by atoms with Crippen LogP contribution >= 0.6 is 36.0 Å². The molecule has 0 N–H and O–H groups in total. The van der Waals surface area contributed by atoms with Crippen molar-refractivity contribution in [2.45, 2.75) is 0 Å². The van der Waals surface area contributed by atoms with Gasteiger partial charge in [-0.2, -0.15) is 0 Å². The molecular weight excluding hydrogens is 141 g/mol. The smallest absolute Gasteiger partial charge is 0.156 e. The van der Waals surface area contributed by atoms with Crippen LogP contribution in [0.15, 0.2) is 10.3 Å². The zero-order valence-electron chi connectivity index (χ0n) is 2.65. The van der Waals surface area contributed by atoms with Gasteiger partial charge < -0.3 is 0 Å². The first-order chi connectivity index (χ1) is 2.73. The van der Waals surface area contributed by atoms with Crippen molar-refractivity contribution in [1.29, 1.82) is 0 Å². The van der Waals surface area contributed by atoms with E-state index in [1.165, 1.54) is 4.31 Å². The molecule has 0 radical (unpaired) electrons. The Balaban J connectivity index is 2.54. The minimum Gasteiger partial charge on any atom is -0.261 e. The summed E-state index contributed by atoms with van der Waals surface area (Å²) in [6.45, 7) is 0. The average molecular weight is 142 g/mol. The Morgan fingerprint density at radius 1 is 1.33 bits per heavy atom. The molecule has 1 aliphatic heterocycles. The highest BCUT2D eigenvalue weighted by Crippen LogP contribution is 2.39. The lowest BCUT2D eigenvalue weighted by atomic mass is 11.3. The molecule has 0 saturated heterocycles. The fourth-order valence-electron chi connectivity index (χ4n) is 0.118. The molecule has 0 atom stereocenters. The molecule has 0 fully saturated rings. The number of rotatable bonds is 0. The van der Waals surface area contributed by atoms with Crippen molar-refractivity contribution in [3.8, 4) is 0 Å². The fourth-order valence-corrected chi connectivity index (χ4v) is 0.678. The van der Waals surface area contributed by atoms with Gasteiger partial charge in [-0.25, -0.2) is 0 Å². The molecule has 34 valence electrons. The normalized spacial score (nSPS) is 19.5. The van der Waals surface area contributed by atoms with Crippen LogP contribution in [0.2, 0.25) is 0 Å². The van der Waals surface area contributed by atoms with E-state index in [2.05, 4.69) is 12.8 Å². The quantitative estimate of drug-likeness (QED) is 0.398. The zero-order chi connectivity index (χ0) is 4.73. The van der Waals surface area contributed by atoms with Crippen LogP contribution in [-0.2, 0) is 0 Å². The lowest BCUT2D eigenvalue weighted by Gasteiger charge is -1.80. The maximum absolute atomic E-state index is 5.28. The Kier molecular flexibility index (Phi) is 0.939. The third-order valence-electron chi connectivity index (χ3n) is 0.492. The molecule has 0 aromatic carbocycles. The summed E-state index contributed by atoms with van der Waals surface area (Å²) in [5.74, 6) is 0. The third-order valence-corrected chi connectivity index (χ3v) is 1.92. The van der Waals surface area contributed by atoms with E-state index in [0.29, 0.717) is 10.3 Å². The largest absolute Gasteiger partial charge is 0.261 e. The first-order valence-corrected chi connectivity index (χ1v) is 2.43. The van der Waals surface area contributed by atoms with Gasteiger partial charge in [0.05, 0.1) is 0 Å². The monoisotopic (exact) mass is 141 g/mol. The number of nitrogens with zero attached hydrogens (tertiary/aromatic N) is 1. The molecule has 6 heavy (non-hydrogen) atoms. The van der Waals surface area contributed by atoms with Crippen molar-refractivity contribution >= 4 is 36.0 Å². The van der Waals surface area contributed by atoms with Gasteiger partial charge in [-0.05, 0) is 0 Å². The minimum atomic E-state index is 0.528. The van der Waals surface area contributed by atoms with Gasteiger partial charge in [0.1, 0.15) is 0 Å². The van der Waals surface area contributed by atoms with E-state index in [1.54, 1.807) is 0 Å². The van der Waals surface area contributed by atoms with Gasteiger partial charge in [-0.3, -0.25) is 4.31 Å². The minimum absolute atomic E-state index is 0.528. The number of hydrogen-bond donors (Lipinski definition) is 1. The molecule has 0 unspecified atom stereocenters. The molecule has 1 aliphatic rings.